The van der Waals surface area contributed by atoms with Crippen LogP contribution >= 0.6 is 15.2 Å². The van der Waals surface area contributed by atoms with Crippen LogP contribution in [0.3, 0.4) is 0 Å². The minimum Gasteiger partial charge on any atom is -0.477 e. The van der Waals surface area contributed by atoms with E-state index in [1.54, 1.807) is 10.6 Å². The summed E-state index contributed by atoms with van der Waals surface area (Å²) in [6, 6.07) is 2.78. The van der Waals surface area contributed by atoms with E-state index in [0.29, 0.717) is 37.4 Å². The fraction of sp³-hybridized carbons (Fsp3) is 0.565. The van der Waals surface area contributed by atoms with Gasteiger partial charge < -0.3 is 32.7 Å². The van der Waals surface area contributed by atoms with Crippen LogP contribution in [0.2, 0.25) is 0 Å². The van der Waals surface area contributed by atoms with Gasteiger partial charge in [-0.05, 0) is 25.0 Å². The van der Waals surface area contributed by atoms with Gasteiger partial charge in [-0.1, -0.05) is 0 Å². The molecule has 1 aromatic carbocycles. The molecule has 2 aliphatic rings. The van der Waals surface area contributed by atoms with E-state index in [0.717, 1.165) is 18.9 Å². The largest absolute Gasteiger partial charge is 0.477 e. The number of aromatic nitrogens is 1. The maximum Gasteiger partial charge on any atom is 0.346 e. The highest BCUT2D eigenvalue weighted by Crippen LogP contribution is 2.69. The second kappa shape index (κ2) is 11.2. The van der Waals surface area contributed by atoms with Crippen LogP contribution in [-0.4, -0.2) is 87.1 Å². The Bertz CT molecular complexity index is 1330. The molecular weight excluding hydrogens is 543 g/mol. The smallest absolute Gasteiger partial charge is 0.346 e. The van der Waals surface area contributed by atoms with Crippen LogP contribution in [0.25, 0.3) is 10.9 Å². The molecule has 1 saturated carbocycles. The maximum absolute atomic E-state index is 15.3. The molecule has 0 atom stereocenters. The summed E-state index contributed by atoms with van der Waals surface area (Å²) in [6.45, 7) is 1.60. The Hall–Kier alpha value is -2.11. The molecule has 0 spiro atoms. The van der Waals surface area contributed by atoms with Crippen LogP contribution < -0.4 is 10.3 Å². The zero-order chi connectivity index (χ0) is 27.8. The standard InChI is InChI=1S/C23H32FN3O9P2/c1-33-37(31,34-2)21(38(32,35-3)36-4)14-25-7-9-26(10-8-25)20-12-19-16(11-18(20)24)22(28)17(23(29)30)13-27(19)15-5-6-15/h11-13,15,21H,5-10,14H2,1-4H3,(H,29,30). The number of carboxylic acids is 1. The highest BCUT2D eigenvalue weighted by Gasteiger charge is 2.50. The zero-order valence-electron chi connectivity index (χ0n) is 21.7. The maximum atomic E-state index is 15.3. The van der Waals surface area contributed by atoms with Crippen molar-refractivity contribution in [1.29, 1.82) is 0 Å². The number of hydrogen-bond donors (Lipinski definition) is 1. The Morgan fingerprint density at radius 3 is 2.05 bits per heavy atom. The summed E-state index contributed by atoms with van der Waals surface area (Å²) < 4.78 is 63.9. The predicted molar refractivity (Wildman–Crippen MR) is 139 cm³/mol. The van der Waals surface area contributed by atoms with E-state index in [2.05, 4.69) is 0 Å². The van der Waals surface area contributed by atoms with Gasteiger partial charge in [-0.3, -0.25) is 18.8 Å². The van der Waals surface area contributed by atoms with E-state index < -0.39 is 37.8 Å². The number of rotatable bonds is 11. The number of piperazine rings is 1. The van der Waals surface area contributed by atoms with Crippen LogP contribution in [0.15, 0.2) is 23.1 Å². The molecule has 0 unspecified atom stereocenters. The van der Waals surface area contributed by atoms with E-state index in [-0.39, 0.29) is 23.5 Å². The second-order valence-electron chi connectivity index (χ2n) is 9.21. The number of carbonyl (C=O) groups is 1. The van der Waals surface area contributed by atoms with Crippen molar-refractivity contribution in [2.75, 3.05) is 66.1 Å². The Morgan fingerprint density at radius 1 is 1.03 bits per heavy atom. The van der Waals surface area contributed by atoms with Gasteiger partial charge in [0.1, 0.15) is 11.4 Å². The van der Waals surface area contributed by atoms with Gasteiger partial charge in [0.05, 0.1) is 11.2 Å². The molecule has 210 valence electrons. The Balaban J connectivity index is 1.59. The van der Waals surface area contributed by atoms with Gasteiger partial charge in [0.15, 0.2) is 5.40 Å². The molecule has 1 aliphatic heterocycles. The summed E-state index contributed by atoms with van der Waals surface area (Å²) in [5, 5.41) is 8.28. The van der Waals surface area contributed by atoms with Gasteiger partial charge in [0, 0.05) is 78.8 Å². The lowest BCUT2D eigenvalue weighted by Gasteiger charge is -2.39. The van der Waals surface area contributed by atoms with E-state index in [1.165, 1.54) is 34.6 Å². The summed E-state index contributed by atoms with van der Waals surface area (Å²) in [7, 11) is -2.89. The van der Waals surface area contributed by atoms with Crippen molar-refractivity contribution in [2.45, 2.75) is 24.3 Å². The van der Waals surface area contributed by atoms with E-state index in [9.17, 15) is 23.8 Å². The van der Waals surface area contributed by atoms with Crippen molar-refractivity contribution in [3.8, 4) is 0 Å². The summed E-state index contributed by atoms with van der Waals surface area (Å²) >= 11 is 0. The first-order valence-corrected chi connectivity index (χ1v) is 15.3. The molecule has 1 aliphatic carbocycles. The first-order chi connectivity index (χ1) is 18.0. The SMILES string of the molecule is COP(=O)(OC)C(CN1CCN(c2cc3c(cc2F)c(=O)c(C(=O)O)cn3C2CC2)CC1)P(=O)(OC)OC. The number of carboxylic acid groups (broad SMARTS) is 1. The number of halogens is 1. The average Bonchev–Trinajstić information content (AvgIpc) is 3.77. The van der Waals surface area contributed by atoms with Gasteiger partial charge in [-0.25, -0.2) is 9.18 Å². The third-order valence-electron chi connectivity index (χ3n) is 7.15. The molecule has 2 fully saturated rings. The number of nitrogens with zero attached hydrogens (tertiary/aromatic N) is 3. The Labute approximate surface area is 219 Å². The molecule has 12 nitrogen and oxygen atoms in total. The lowest BCUT2D eigenvalue weighted by molar-refractivity contribution is 0.0694. The van der Waals surface area contributed by atoms with Crippen molar-refractivity contribution >= 4 is 37.8 Å². The fourth-order valence-electron chi connectivity index (χ4n) is 4.82. The monoisotopic (exact) mass is 575 g/mol. The van der Waals surface area contributed by atoms with E-state index in [4.69, 9.17) is 18.1 Å². The third-order valence-corrected chi connectivity index (χ3v) is 12.7. The zero-order valence-corrected chi connectivity index (χ0v) is 23.5. The van der Waals surface area contributed by atoms with Crippen molar-refractivity contribution < 1.29 is 41.5 Å². The second-order valence-corrected chi connectivity index (χ2v) is 14.5. The first kappa shape index (κ1) is 28.9. The summed E-state index contributed by atoms with van der Waals surface area (Å²) in [5.74, 6) is -1.97. The number of anilines is 1. The molecule has 38 heavy (non-hydrogen) atoms. The Kier molecular flexibility index (Phi) is 8.49. The molecule has 2 aromatic rings. The number of hydrogen-bond acceptors (Lipinski definition) is 10. The van der Waals surface area contributed by atoms with Gasteiger partial charge in [-0.2, -0.15) is 0 Å². The summed E-state index contributed by atoms with van der Waals surface area (Å²) in [6.07, 6.45) is 3.05. The predicted octanol–water partition coefficient (Wildman–Crippen LogP) is 3.59. The molecule has 1 N–H and O–H groups in total. The highest BCUT2D eigenvalue weighted by atomic mass is 31.2. The van der Waals surface area contributed by atoms with Crippen molar-refractivity contribution in [3.05, 3.63) is 39.9 Å². The van der Waals surface area contributed by atoms with Gasteiger partial charge in [0.2, 0.25) is 5.43 Å². The lowest BCUT2D eigenvalue weighted by Crippen LogP contribution is -2.49. The van der Waals surface area contributed by atoms with Crippen molar-refractivity contribution in [3.63, 3.8) is 0 Å². The van der Waals surface area contributed by atoms with Gasteiger partial charge in [0.25, 0.3) is 0 Å². The molecule has 1 saturated heterocycles. The number of aromatic carboxylic acids is 1. The lowest BCUT2D eigenvalue weighted by atomic mass is 10.1. The third kappa shape index (κ3) is 5.34. The van der Waals surface area contributed by atoms with Crippen LogP contribution in [0.5, 0.6) is 0 Å². The highest BCUT2D eigenvalue weighted by molar-refractivity contribution is 7.72. The van der Waals surface area contributed by atoms with Crippen LogP contribution in [0.1, 0.15) is 29.2 Å². The molecule has 1 aromatic heterocycles. The molecule has 4 rings (SSSR count). The normalized spacial score (nSPS) is 17.5. The number of benzene rings is 1. The molecule has 0 radical (unpaired) electrons. The fourth-order valence-corrected chi connectivity index (χ4v) is 9.47. The number of fused-ring (bicyclic) bond motifs is 1. The summed E-state index contributed by atoms with van der Waals surface area (Å²) in [4.78, 5) is 28.0. The van der Waals surface area contributed by atoms with Crippen molar-refractivity contribution in [1.82, 2.24) is 9.47 Å². The minimum atomic E-state index is -3.85. The minimum absolute atomic E-state index is 0.0318. The molecular formula is C23H32FN3O9P2. The molecule has 15 heteroatoms. The average molecular weight is 575 g/mol. The Morgan fingerprint density at radius 2 is 1.58 bits per heavy atom. The van der Waals surface area contributed by atoms with Crippen LogP contribution in [-0.2, 0) is 27.2 Å². The topological polar surface area (TPSA) is 137 Å². The van der Waals surface area contributed by atoms with Crippen LogP contribution in [0.4, 0.5) is 10.1 Å². The van der Waals surface area contributed by atoms with Gasteiger partial charge in [-0.15, -0.1) is 0 Å². The number of pyridine rings is 1. The van der Waals surface area contributed by atoms with Crippen molar-refractivity contribution in [2.24, 2.45) is 0 Å². The molecule has 0 amide bonds. The molecule has 0 bridgehead atoms. The first-order valence-electron chi connectivity index (χ1n) is 12.0. The quantitative estimate of drug-likeness (QED) is 0.394. The van der Waals surface area contributed by atoms with E-state index in [1.807, 2.05) is 9.80 Å². The van der Waals surface area contributed by atoms with Crippen LogP contribution in [0, 0.1) is 5.82 Å². The summed E-state index contributed by atoms with van der Waals surface area (Å²) in [5.41, 5.74) is -0.311. The van der Waals surface area contributed by atoms with E-state index >= 15 is 4.39 Å². The van der Waals surface area contributed by atoms with Gasteiger partial charge >= 0.3 is 21.2 Å². The molecule has 2 heterocycles.